The molecule has 1 N–H and O–H groups in total. The number of ether oxygens (including phenoxy) is 1. The van der Waals surface area contributed by atoms with Gasteiger partial charge in [-0.3, -0.25) is 4.79 Å². The summed E-state index contributed by atoms with van der Waals surface area (Å²) in [5.74, 6) is -1.70. The monoisotopic (exact) mass is 510 g/mol. The van der Waals surface area contributed by atoms with Crippen molar-refractivity contribution in [2.24, 2.45) is 0 Å². The quantitative estimate of drug-likeness (QED) is 0.277. The van der Waals surface area contributed by atoms with E-state index in [0.29, 0.717) is 39.5 Å². The van der Waals surface area contributed by atoms with Crippen LogP contribution in [0, 0.1) is 19.7 Å². The molecule has 2 aromatic heterocycles. The summed E-state index contributed by atoms with van der Waals surface area (Å²) in [5.41, 5.74) is 1.17. The molecule has 0 unspecified atom stereocenters. The number of hydrogen-bond acceptors (Lipinski definition) is 6. The van der Waals surface area contributed by atoms with Gasteiger partial charge in [-0.05, 0) is 43.7 Å². The standard InChI is InChI=1S/C23H18F4N2O3S2/c1-11-7-16(21-17(8-11)33-19(29-21)5-6-20(30)31)32-10-18-12(2)28-22(34-18)13-3-4-14(15(24)9-13)23(25,26)27/h3-4,7-9H,5-6,10H2,1-2H3,(H,30,31). The minimum absolute atomic E-state index is 0.0115. The highest BCUT2D eigenvalue weighted by molar-refractivity contribution is 7.18. The number of benzene rings is 2. The second-order valence-corrected chi connectivity index (χ2v) is 9.82. The number of nitrogens with zero attached hydrogens (tertiary/aromatic N) is 2. The molecular formula is C23H18F4N2O3S2. The number of aryl methyl sites for hydroxylation is 3. The molecule has 0 saturated carbocycles. The molecule has 0 spiro atoms. The van der Waals surface area contributed by atoms with E-state index in [1.54, 1.807) is 6.92 Å². The summed E-state index contributed by atoms with van der Waals surface area (Å²) in [6.45, 7) is 3.81. The second-order valence-electron chi connectivity index (χ2n) is 7.62. The number of thiazole rings is 2. The Labute approximate surface area is 199 Å². The molecule has 0 fully saturated rings. The first kappa shape index (κ1) is 24.1. The summed E-state index contributed by atoms with van der Waals surface area (Å²) in [6.07, 6.45) is -4.45. The van der Waals surface area contributed by atoms with Crippen molar-refractivity contribution in [2.45, 2.75) is 39.5 Å². The minimum Gasteiger partial charge on any atom is -0.486 e. The molecule has 0 saturated heterocycles. The molecule has 0 aliphatic heterocycles. The highest BCUT2D eigenvalue weighted by atomic mass is 32.1. The third-order valence-electron chi connectivity index (χ3n) is 4.97. The Hall–Kier alpha value is -3.05. The van der Waals surface area contributed by atoms with Gasteiger partial charge in [0.05, 0.1) is 32.3 Å². The maximum absolute atomic E-state index is 14.0. The van der Waals surface area contributed by atoms with Crippen LogP contribution in [0.15, 0.2) is 30.3 Å². The smallest absolute Gasteiger partial charge is 0.419 e. The van der Waals surface area contributed by atoms with Crippen LogP contribution in [0.3, 0.4) is 0 Å². The third kappa shape index (κ3) is 5.20. The van der Waals surface area contributed by atoms with Gasteiger partial charge >= 0.3 is 12.1 Å². The van der Waals surface area contributed by atoms with Gasteiger partial charge in [-0.1, -0.05) is 6.07 Å². The van der Waals surface area contributed by atoms with Gasteiger partial charge in [0, 0.05) is 12.0 Å². The molecule has 34 heavy (non-hydrogen) atoms. The molecule has 5 nitrogen and oxygen atoms in total. The number of carboxylic acid groups (broad SMARTS) is 1. The van der Waals surface area contributed by atoms with Crippen LogP contribution in [0.5, 0.6) is 5.75 Å². The number of aliphatic carboxylic acids is 1. The number of aromatic nitrogens is 2. The lowest BCUT2D eigenvalue weighted by Gasteiger charge is -2.08. The Balaban J connectivity index is 1.56. The minimum atomic E-state index is -4.76. The van der Waals surface area contributed by atoms with E-state index in [4.69, 9.17) is 9.84 Å². The van der Waals surface area contributed by atoms with Gasteiger partial charge in [-0.2, -0.15) is 13.2 Å². The van der Waals surface area contributed by atoms with Gasteiger partial charge in [-0.15, -0.1) is 22.7 Å². The highest BCUT2D eigenvalue weighted by Crippen LogP contribution is 2.36. The van der Waals surface area contributed by atoms with Crippen molar-refractivity contribution in [3.63, 3.8) is 0 Å². The molecule has 178 valence electrons. The molecule has 4 aromatic rings. The normalized spacial score (nSPS) is 11.8. The molecule has 0 amide bonds. The summed E-state index contributed by atoms with van der Waals surface area (Å²) in [5, 5.41) is 10.0. The number of alkyl halides is 3. The summed E-state index contributed by atoms with van der Waals surface area (Å²) >= 11 is 2.63. The summed E-state index contributed by atoms with van der Waals surface area (Å²) in [6, 6.07) is 6.55. The molecule has 0 radical (unpaired) electrons. The number of hydrogen-bond donors (Lipinski definition) is 1. The van der Waals surface area contributed by atoms with Gasteiger partial charge in [0.25, 0.3) is 0 Å². The van der Waals surface area contributed by atoms with E-state index in [0.717, 1.165) is 21.2 Å². The average Bonchev–Trinajstić information content (AvgIpc) is 3.32. The Bertz CT molecular complexity index is 1380. The van der Waals surface area contributed by atoms with E-state index in [9.17, 15) is 22.4 Å². The zero-order valence-electron chi connectivity index (χ0n) is 18.0. The Morgan fingerprint density at radius 3 is 2.56 bits per heavy atom. The zero-order chi connectivity index (χ0) is 24.6. The molecule has 4 rings (SSSR count). The molecule has 0 aliphatic carbocycles. The zero-order valence-corrected chi connectivity index (χ0v) is 19.6. The van der Waals surface area contributed by atoms with Crippen molar-refractivity contribution in [3.05, 3.63) is 62.9 Å². The van der Waals surface area contributed by atoms with E-state index in [1.807, 2.05) is 19.1 Å². The average molecular weight is 511 g/mol. The van der Waals surface area contributed by atoms with Crippen LogP contribution >= 0.6 is 22.7 Å². The predicted octanol–water partition coefficient (Wildman–Crippen LogP) is 6.79. The van der Waals surface area contributed by atoms with Crippen LogP contribution in [-0.4, -0.2) is 21.0 Å². The van der Waals surface area contributed by atoms with Gasteiger partial charge in [-0.25, -0.2) is 14.4 Å². The predicted molar refractivity (Wildman–Crippen MR) is 122 cm³/mol. The Morgan fingerprint density at radius 1 is 1.12 bits per heavy atom. The van der Waals surface area contributed by atoms with Crippen molar-refractivity contribution in [1.82, 2.24) is 9.97 Å². The second kappa shape index (κ2) is 9.30. The number of rotatable bonds is 7. The van der Waals surface area contributed by atoms with E-state index in [2.05, 4.69) is 9.97 Å². The molecular weight excluding hydrogens is 492 g/mol. The van der Waals surface area contributed by atoms with Crippen LogP contribution < -0.4 is 4.74 Å². The lowest BCUT2D eigenvalue weighted by Crippen LogP contribution is -2.07. The fourth-order valence-corrected chi connectivity index (χ4v) is 5.37. The lowest BCUT2D eigenvalue weighted by atomic mass is 10.1. The maximum Gasteiger partial charge on any atom is 0.419 e. The van der Waals surface area contributed by atoms with Crippen LogP contribution in [0.25, 0.3) is 20.8 Å². The van der Waals surface area contributed by atoms with Crippen molar-refractivity contribution in [3.8, 4) is 16.3 Å². The maximum atomic E-state index is 14.0. The SMILES string of the molecule is Cc1cc(OCc2sc(-c3ccc(C(F)(F)F)c(F)c3)nc2C)c2nc(CCC(=O)O)sc2c1. The van der Waals surface area contributed by atoms with Crippen LogP contribution in [0.4, 0.5) is 17.6 Å². The number of carboxylic acids is 1. The third-order valence-corrected chi connectivity index (χ3v) is 7.22. The van der Waals surface area contributed by atoms with E-state index in [-0.39, 0.29) is 18.6 Å². The van der Waals surface area contributed by atoms with Crippen molar-refractivity contribution in [1.29, 1.82) is 0 Å². The van der Waals surface area contributed by atoms with Crippen molar-refractivity contribution < 1.29 is 32.2 Å². The fraction of sp³-hybridized carbons (Fsp3) is 0.261. The number of halogens is 4. The van der Waals surface area contributed by atoms with Gasteiger partial charge < -0.3 is 9.84 Å². The van der Waals surface area contributed by atoms with Crippen LogP contribution in [0.1, 0.15) is 33.1 Å². The summed E-state index contributed by atoms with van der Waals surface area (Å²) in [7, 11) is 0. The summed E-state index contributed by atoms with van der Waals surface area (Å²) < 4.78 is 59.4. The largest absolute Gasteiger partial charge is 0.486 e. The first-order valence-corrected chi connectivity index (χ1v) is 11.7. The molecule has 0 atom stereocenters. The van der Waals surface area contributed by atoms with Crippen molar-refractivity contribution >= 4 is 38.9 Å². The topological polar surface area (TPSA) is 72.3 Å². The van der Waals surface area contributed by atoms with E-state index in [1.165, 1.54) is 28.7 Å². The van der Waals surface area contributed by atoms with Crippen LogP contribution in [-0.2, 0) is 24.0 Å². The number of fused-ring (bicyclic) bond motifs is 1. The van der Waals surface area contributed by atoms with Gasteiger partial charge in [0.2, 0.25) is 0 Å². The van der Waals surface area contributed by atoms with E-state index < -0.39 is 23.5 Å². The lowest BCUT2D eigenvalue weighted by molar-refractivity contribution is -0.140. The first-order chi connectivity index (χ1) is 16.0. The highest BCUT2D eigenvalue weighted by Gasteiger charge is 2.34. The van der Waals surface area contributed by atoms with Gasteiger partial charge in [0.1, 0.15) is 28.7 Å². The summed E-state index contributed by atoms with van der Waals surface area (Å²) in [4.78, 5) is 20.5. The first-order valence-electron chi connectivity index (χ1n) is 10.1. The Kier molecular flexibility index (Phi) is 6.59. The number of carbonyl (C=O) groups is 1. The van der Waals surface area contributed by atoms with Crippen molar-refractivity contribution in [2.75, 3.05) is 0 Å². The fourth-order valence-electron chi connectivity index (χ4n) is 3.31. The molecule has 2 heterocycles. The molecule has 11 heteroatoms. The Morgan fingerprint density at radius 2 is 1.88 bits per heavy atom. The molecule has 0 aliphatic rings. The van der Waals surface area contributed by atoms with Crippen LogP contribution in [0.2, 0.25) is 0 Å². The molecule has 0 bridgehead atoms. The van der Waals surface area contributed by atoms with Gasteiger partial charge in [0.15, 0.2) is 0 Å². The van der Waals surface area contributed by atoms with E-state index >= 15 is 0 Å². The molecule has 2 aromatic carbocycles.